The van der Waals surface area contributed by atoms with Crippen LogP contribution < -0.4 is 11.1 Å². The van der Waals surface area contributed by atoms with Crippen molar-refractivity contribution >= 4 is 38.8 Å². The maximum absolute atomic E-state index is 12.4. The zero-order valence-corrected chi connectivity index (χ0v) is 13.1. The van der Waals surface area contributed by atoms with Crippen LogP contribution in [0.1, 0.15) is 28.6 Å². The fourth-order valence-corrected chi connectivity index (χ4v) is 3.29. The maximum Gasteiger partial charge on any atom is 0.267 e. The first-order chi connectivity index (χ1) is 10.7. The van der Waals surface area contributed by atoms with Crippen molar-refractivity contribution in [2.45, 2.75) is 19.8 Å². The van der Waals surface area contributed by atoms with Gasteiger partial charge in [0, 0.05) is 17.3 Å². The van der Waals surface area contributed by atoms with Crippen molar-refractivity contribution in [2.75, 3.05) is 11.1 Å². The second kappa shape index (κ2) is 6.15. The Bertz CT molecular complexity index is 811. The molecular weight excluding hydrogens is 294 g/mol. The van der Waals surface area contributed by atoms with Crippen LogP contribution in [0.4, 0.5) is 11.4 Å². The number of aryl methyl sites for hydroxylation is 1. The predicted molar refractivity (Wildman–Crippen MR) is 92.4 cm³/mol. The van der Waals surface area contributed by atoms with E-state index in [0.29, 0.717) is 10.6 Å². The molecule has 0 aliphatic carbocycles. The highest BCUT2D eigenvalue weighted by molar-refractivity contribution is 7.21. The summed E-state index contributed by atoms with van der Waals surface area (Å²) in [5, 5.41) is 3.73. The molecule has 112 valence electrons. The highest BCUT2D eigenvalue weighted by atomic mass is 32.1. The highest BCUT2D eigenvalue weighted by Crippen LogP contribution is 2.33. The summed E-state index contributed by atoms with van der Waals surface area (Å²) in [6.07, 6.45) is 3.88. The number of fused-ring (bicyclic) bond motifs is 1. The van der Waals surface area contributed by atoms with Gasteiger partial charge in [-0.25, -0.2) is 4.98 Å². The van der Waals surface area contributed by atoms with Gasteiger partial charge in [-0.3, -0.25) is 4.79 Å². The zero-order valence-electron chi connectivity index (χ0n) is 12.3. The minimum Gasteiger partial charge on any atom is -0.397 e. The fraction of sp³-hybridized carbons (Fsp3) is 0.176. The number of nitrogens with zero attached hydrogens (tertiary/aromatic N) is 1. The van der Waals surface area contributed by atoms with Crippen LogP contribution in [0.3, 0.4) is 0 Å². The van der Waals surface area contributed by atoms with Gasteiger partial charge in [-0.05, 0) is 30.2 Å². The van der Waals surface area contributed by atoms with E-state index >= 15 is 0 Å². The van der Waals surface area contributed by atoms with Crippen LogP contribution in [0.2, 0.25) is 0 Å². The molecule has 2 heterocycles. The first-order valence-corrected chi connectivity index (χ1v) is 8.04. The Labute approximate surface area is 133 Å². The molecule has 0 bridgehead atoms. The Morgan fingerprint density at radius 2 is 2.09 bits per heavy atom. The molecular formula is C17H17N3OS. The predicted octanol–water partition coefficient (Wildman–Crippen LogP) is 4.08. The van der Waals surface area contributed by atoms with Crippen LogP contribution in [0.5, 0.6) is 0 Å². The van der Waals surface area contributed by atoms with E-state index < -0.39 is 0 Å². The quantitative estimate of drug-likeness (QED) is 0.762. The number of aromatic nitrogens is 1. The summed E-state index contributed by atoms with van der Waals surface area (Å²) in [6.45, 7) is 2.12. The molecule has 3 N–H and O–H groups in total. The van der Waals surface area contributed by atoms with Crippen LogP contribution in [0.25, 0.3) is 10.2 Å². The van der Waals surface area contributed by atoms with Crippen molar-refractivity contribution in [1.82, 2.24) is 4.98 Å². The number of amides is 1. The van der Waals surface area contributed by atoms with Crippen LogP contribution in [-0.2, 0) is 6.42 Å². The molecule has 3 aromatic rings. The Morgan fingerprint density at radius 3 is 2.82 bits per heavy atom. The number of hydrogen-bond acceptors (Lipinski definition) is 4. The molecule has 22 heavy (non-hydrogen) atoms. The van der Waals surface area contributed by atoms with Crippen LogP contribution in [0, 0.1) is 0 Å². The molecule has 0 spiro atoms. The van der Waals surface area contributed by atoms with Crippen molar-refractivity contribution < 1.29 is 4.79 Å². The summed E-state index contributed by atoms with van der Waals surface area (Å²) in [4.78, 5) is 18.2. The largest absolute Gasteiger partial charge is 0.397 e. The lowest BCUT2D eigenvalue weighted by Crippen LogP contribution is -2.11. The number of benzene rings is 1. The van der Waals surface area contributed by atoms with E-state index in [1.165, 1.54) is 11.3 Å². The van der Waals surface area contributed by atoms with Gasteiger partial charge in [0.05, 0.1) is 5.69 Å². The minimum atomic E-state index is -0.191. The molecule has 2 aromatic heterocycles. The number of rotatable bonds is 4. The molecule has 0 atom stereocenters. The van der Waals surface area contributed by atoms with E-state index in [-0.39, 0.29) is 5.91 Å². The standard InChI is InChI=1S/C17H17N3OS/c1-2-6-11-9-13-14(18)15(22-17(13)19-10-11)16(21)20-12-7-4-3-5-8-12/h3-5,7-10H,2,6,18H2,1H3,(H,20,21). The molecule has 0 unspecified atom stereocenters. The third kappa shape index (κ3) is 2.80. The van der Waals surface area contributed by atoms with Gasteiger partial charge < -0.3 is 11.1 Å². The molecule has 0 aliphatic heterocycles. The van der Waals surface area contributed by atoms with E-state index in [2.05, 4.69) is 17.2 Å². The van der Waals surface area contributed by atoms with Crippen LogP contribution in [-0.4, -0.2) is 10.9 Å². The molecule has 0 saturated carbocycles. The Morgan fingerprint density at radius 1 is 1.32 bits per heavy atom. The van der Waals surface area contributed by atoms with Crippen molar-refractivity contribution in [2.24, 2.45) is 0 Å². The SMILES string of the molecule is CCCc1cnc2sc(C(=O)Nc3ccccc3)c(N)c2c1. The van der Waals surface area contributed by atoms with Gasteiger partial charge in [0.1, 0.15) is 9.71 Å². The third-order valence-corrected chi connectivity index (χ3v) is 4.55. The van der Waals surface area contributed by atoms with E-state index in [1.54, 1.807) is 0 Å². The summed E-state index contributed by atoms with van der Waals surface area (Å²) in [5.41, 5.74) is 8.58. The number of nitrogens with one attached hydrogen (secondary N) is 1. The van der Waals surface area contributed by atoms with Crippen molar-refractivity contribution in [3.63, 3.8) is 0 Å². The number of carbonyl (C=O) groups excluding carboxylic acids is 1. The lowest BCUT2D eigenvalue weighted by atomic mass is 10.1. The maximum atomic E-state index is 12.4. The number of hydrogen-bond donors (Lipinski definition) is 2. The van der Waals surface area contributed by atoms with Gasteiger partial charge >= 0.3 is 0 Å². The lowest BCUT2D eigenvalue weighted by molar-refractivity contribution is 0.103. The van der Waals surface area contributed by atoms with Crippen LogP contribution >= 0.6 is 11.3 Å². The number of para-hydroxylation sites is 1. The summed E-state index contributed by atoms with van der Waals surface area (Å²) in [7, 11) is 0. The van der Waals surface area contributed by atoms with Crippen molar-refractivity contribution in [1.29, 1.82) is 0 Å². The van der Waals surface area contributed by atoms with Gasteiger partial charge in [0.2, 0.25) is 0 Å². The van der Waals surface area contributed by atoms with E-state index in [1.807, 2.05) is 42.6 Å². The number of nitrogens with two attached hydrogens (primary N) is 1. The molecule has 0 radical (unpaired) electrons. The topological polar surface area (TPSA) is 68.0 Å². The summed E-state index contributed by atoms with van der Waals surface area (Å²) >= 11 is 1.33. The second-order valence-corrected chi connectivity index (χ2v) is 6.11. The number of nitrogen functional groups attached to an aromatic ring is 1. The van der Waals surface area contributed by atoms with Gasteiger partial charge in [-0.1, -0.05) is 31.5 Å². The number of anilines is 2. The number of pyridine rings is 1. The summed E-state index contributed by atoms with van der Waals surface area (Å²) in [6, 6.07) is 11.4. The van der Waals surface area contributed by atoms with Gasteiger partial charge in [-0.15, -0.1) is 11.3 Å². The highest BCUT2D eigenvalue weighted by Gasteiger charge is 2.17. The average Bonchev–Trinajstić information content (AvgIpc) is 2.86. The van der Waals surface area contributed by atoms with E-state index in [0.717, 1.165) is 34.3 Å². The Balaban J connectivity index is 1.93. The molecule has 3 rings (SSSR count). The minimum absolute atomic E-state index is 0.191. The number of thiophene rings is 1. The molecule has 1 amide bonds. The monoisotopic (exact) mass is 311 g/mol. The zero-order chi connectivity index (χ0) is 15.5. The fourth-order valence-electron chi connectivity index (χ4n) is 2.35. The molecule has 5 heteroatoms. The van der Waals surface area contributed by atoms with Crippen molar-refractivity contribution in [3.05, 3.63) is 53.0 Å². The molecule has 0 fully saturated rings. The smallest absolute Gasteiger partial charge is 0.267 e. The van der Waals surface area contributed by atoms with Crippen molar-refractivity contribution in [3.8, 4) is 0 Å². The first kappa shape index (κ1) is 14.5. The van der Waals surface area contributed by atoms with E-state index in [4.69, 9.17) is 5.73 Å². The number of carbonyl (C=O) groups is 1. The van der Waals surface area contributed by atoms with Crippen LogP contribution in [0.15, 0.2) is 42.6 Å². The Hall–Kier alpha value is -2.40. The first-order valence-electron chi connectivity index (χ1n) is 7.22. The van der Waals surface area contributed by atoms with Gasteiger partial charge in [0.15, 0.2) is 0 Å². The lowest BCUT2D eigenvalue weighted by Gasteiger charge is -2.03. The molecule has 0 saturated heterocycles. The summed E-state index contributed by atoms with van der Waals surface area (Å²) in [5.74, 6) is -0.191. The third-order valence-electron chi connectivity index (χ3n) is 3.42. The summed E-state index contributed by atoms with van der Waals surface area (Å²) < 4.78 is 0. The van der Waals surface area contributed by atoms with Gasteiger partial charge in [0.25, 0.3) is 5.91 Å². The average molecular weight is 311 g/mol. The van der Waals surface area contributed by atoms with Gasteiger partial charge in [-0.2, -0.15) is 0 Å². The Kier molecular flexibility index (Phi) is 4.06. The molecule has 4 nitrogen and oxygen atoms in total. The second-order valence-electron chi connectivity index (χ2n) is 5.11. The molecule has 1 aromatic carbocycles. The van der Waals surface area contributed by atoms with E-state index in [9.17, 15) is 4.79 Å². The normalized spacial score (nSPS) is 10.8. The molecule has 0 aliphatic rings.